The monoisotopic (exact) mass is 376 g/mol. The van der Waals surface area contributed by atoms with Crippen molar-refractivity contribution in [1.82, 2.24) is 9.88 Å². The first-order valence-electron chi connectivity index (χ1n) is 7.11. The molecule has 0 saturated heterocycles. The number of carbonyl (C=O) groups excluding carboxylic acids is 2. The lowest BCUT2D eigenvalue weighted by molar-refractivity contribution is -0.115. The van der Waals surface area contributed by atoms with Crippen molar-refractivity contribution in [2.75, 3.05) is 0 Å². The summed E-state index contributed by atoms with van der Waals surface area (Å²) in [5.74, 6) is -0.857. The van der Waals surface area contributed by atoms with E-state index in [1.54, 1.807) is 30.3 Å². The summed E-state index contributed by atoms with van der Waals surface area (Å²) in [7, 11) is 0. The molecule has 6 nitrogen and oxygen atoms in total. The number of amides is 3. The number of halogens is 2. The first kappa shape index (κ1) is 18.6. The topological polar surface area (TPSA) is 101 Å². The molecule has 1 aromatic heterocycles. The van der Waals surface area contributed by atoms with Crippen LogP contribution in [0.4, 0.5) is 4.79 Å². The van der Waals surface area contributed by atoms with E-state index in [-0.39, 0.29) is 5.57 Å². The Labute approximate surface area is 154 Å². The van der Waals surface area contributed by atoms with Crippen molar-refractivity contribution in [1.29, 1.82) is 5.26 Å². The van der Waals surface area contributed by atoms with Crippen LogP contribution in [0.3, 0.4) is 0 Å². The molecule has 0 fully saturated rings. The first-order valence-corrected chi connectivity index (χ1v) is 7.87. The van der Waals surface area contributed by atoms with Gasteiger partial charge in [-0.3, -0.25) is 10.1 Å². The largest absolute Gasteiger partial charge is 0.351 e. The van der Waals surface area contributed by atoms with Crippen molar-refractivity contribution < 1.29 is 9.59 Å². The van der Waals surface area contributed by atoms with Gasteiger partial charge in [0, 0.05) is 16.4 Å². The average molecular weight is 377 g/mol. The van der Waals surface area contributed by atoms with Gasteiger partial charge in [0.2, 0.25) is 0 Å². The summed E-state index contributed by atoms with van der Waals surface area (Å²) in [6.07, 6.45) is 1.39. The van der Waals surface area contributed by atoms with Gasteiger partial charge in [-0.25, -0.2) is 4.79 Å². The summed E-state index contributed by atoms with van der Waals surface area (Å²) in [4.78, 5) is 22.6. The standard InChI is InChI=1S/C17H14Cl2N4O2/c1-9-5-11(6-12(8-20)16(24)22-17(21)25)10(2)23(9)15-4-3-13(18)7-14(15)19/h3-7H,1-2H3,(H3,21,22,24,25)/b12-6-. The number of imide groups is 1. The molecule has 3 N–H and O–H groups in total. The Bertz CT molecular complexity index is 939. The van der Waals surface area contributed by atoms with Crippen LogP contribution in [0.1, 0.15) is 17.0 Å². The Morgan fingerprint density at radius 1 is 1.28 bits per heavy atom. The van der Waals surface area contributed by atoms with Gasteiger partial charge in [0.05, 0.1) is 10.7 Å². The van der Waals surface area contributed by atoms with Gasteiger partial charge in [-0.05, 0) is 49.8 Å². The van der Waals surface area contributed by atoms with Crippen molar-refractivity contribution in [3.8, 4) is 11.8 Å². The number of primary amides is 1. The molecule has 128 valence electrons. The highest BCUT2D eigenvalue weighted by Crippen LogP contribution is 2.29. The molecule has 0 aliphatic heterocycles. The van der Waals surface area contributed by atoms with E-state index in [0.717, 1.165) is 17.1 Å². The van der Waals surface area contributed by atoms with Crippen molar-refractivity contribution in [2.45, 2.75) is 13.8 Å². The third kappa shape index (κ3) is 4.02. The van der Waals surface area contributed by atoms with E-state index in [1.165, 1.54) is 6.08 Å². The Balaban J connectivity index is 2.52. The van der Waals surface area contributed by atoms with Crippen molar-refractivity contribution in [3.05, 3.63) is 56.8 Å². The zero-order chi connectivity index (χ0) is 18.7. The summed E-state index contributed by atoms with van der Waals surface area (Å²) >= 11 is 12.2. The van der Waals surface area contributed by atoms with Crippen LogP contribution < -0.4 is 11.1 Å². The fourth-order valence-electron chi connectivity index (χ4n) is 2.45. The van der Waals surface area contributed by atoms with Gasteiger partial charge >= 0.3 is 6.03 Å². The van der Waals surface area contributed by atoms with Gasteiger partial charge in [-0.2, -0.15) is 5.26 Å². The molecule has 0 saturated carbocycles. The highest BCUT2D eigenvalue weighted by atomic mass is 35.5. The summed E-state index contributed by atoms with van der Waals surface area (Å²) in [5, 5.41) is 12.0. The predicted molar refractivity (Wildman–Crippen MR) is 96.6 cm³/mol. The third-order valence-electron chi connectivity index (χ3n) is 3.52. The Kier molecular flexibility index (Phi) is 5.52. The normalized spacial score (nSPS) is 11.1. The SMILES string of the molecule is Cc1cc(/C=C(/C#N)C(=O)NC(N)=O)c(C)n1-c1ccc(Cl)cc1Cl. The highest BCUT2D eigenvalue weighted by Gasteiger charge is 2.16. The number of rotatable bonds is 3. The van der Waals surface area contributed by atoms with E-state index < -0.39 is 11.9 Å². The van der Waals surface area contributed by atoms with Crippen LogP contribution in [0.2, 0.25) is 10.0 Å². The lowest BCUT2D eigenvalue weighted by atomic mass is 10.1. The summed E-state index contributed by atoms with van der Waals surface area (Å²) in [6.45, 7) is 3.69. The molecule has 25 heavy (non-hydrogen) atoms. The Morgan fingerprint density at radius 2 is 1.96 bits per heavy atom. The molecule has 0 aliphatic carbocycles. The molecule has 0 atom stereocenters. The van der Waals surface area contributed by atoms with E-state index >= 15 is 0 Å². The maximum absolute atomic E-state index is 11.8. The van der Waals surface area contributed by atoms with Gasteiger partial charge in [-0.1, -0.05) is 23.2 Å². The summed E-state index contributed by atoms with van der Waals surface area (Å²) in [5.41, 5.74) is 7.64. The molecule has 0 spiro atoms. The number of nitrogens with two attached hydrogens (primary N) is 1. The van der Waals surface area contributed by atoms with Gasteiger partial charge in [-0.15, -0.1) is 0 Å². The second kappa shape index (κ2) is 7.43. The zero-order valence-electron chi connectivity index (χ0n) is 13.4. The van der Waals surface area contributed by atoms with Crippen molar-refractivity contribution >= 4 is 41.2 Å². The fraction of sp³-hybridized carbons (Fsp3) is 0.118. The molecular weight excluding hydrogens is 363 g/mol. The number of hydrogen-bond acceptors (Lipinski definition) is 3. The van der Waals surface area contributed by atoms with Gasteiger partial charge < -0.3 is 10.3 Å². The van der Waals surface area contributed by atoms with Gasteiger partial charge in [0.25, 0.3) is 5.91 Å². The maximum atomic E-state index is 11.8. The molecule has 8 heteroatoms. The van der Waals surface area contributed by atoms with Crippen molar-refractivity contribution in [2.24, 2.45) is 5.73 Å². The molecule has 2 rings (SSSR count). The van der Waals surface area contributed by atoms with Crippen LogP contribution in [0.5, 0.6) is 0 Å². The molecule has 1 aromatic carbocycles. The van der Waals surface area contributed by atoms with Crippen LogP contribution in [0.15, 0.2) is 29.8 Å². The number of urea groups is 1. The summed E-state index contributed by atoms with van der Waals surface area (Å²) in [6, 6.07) is 7.67. The molecule has 0 unspecified atom stereocenters. The zero-order valence-corrected chi connectivity index (χ0v) is 14.9. The fourth-order valence-corrected chi connectivity index (χ4v) is 2.94. The van der Waals surface area contributed by atoms with Crippen LogP contribution in [-0.2, 0) is 4.79 Å². The number of nitrogens with zero attached hydrogens (tertiary/aromatic N) is 2. The quantitative estimate of drug-likeness (QED) is 0.632. The average Bonchev–Trinajstić information content (AvgIpc) is 2.79. The van der Waals surface area contributed by atoms with Crippen LogP contribution in [0, 0.1) is 25.2 Å². The predicted octanol–water partition coefficient (Wildman–Crippen LogP) is 3.50. The number of nitrogens with one attached hydrogen (secondary N) is 1. The van der Waals surface area contributed by atoms with Crippen molar-refractivity contribution in [3.63, 3.8) is 0 Å². The van der Waals surface area contributed by atoms with E-state index in [9.17, 15) is 9.59 Å². The molecular formula is C17H14Cl2N4O2. The van der Waals surface area contributed by atoms with Crippen LogP contribution in [0.25, 0.3) is 11.8 Å². The van der Waals surface area contributed by atoms with E-state index in [2.05, 4.69) is 0 Å². The molecule has 2 aromatic rings. The molecule has 0 aliphatic rings. The summed E-state index contributed by atoms with van der Waals surface area (Å²) < 4.78 is 1.88. The second-order valence-electron chi connectivity index (χ2n) is 5.25. The lowest BCUT2D eigenvalue weighted by Gasteiger charge is -2.12. The van der Waals surface area contributed by atoms with E-state index in [0.29, 0.717) is 15.6 Å². The number of aromatic nitrogens is 1. The number of aryl methyl sites for hydroxylation is 1. The van der Waals surface area contributed by atoms with Gasteiger partial charge in [0.1, 0.15) is 11.6 Å². The smallest absolute Gasteiger partial charge is 0.319 e. The van der Waals surface area contributed by atoms with Crippen LogP contribution >= 0.6 is 23.2 Å². The molecule has 0 radical (unpaired) electrons. The van der Waals surface area contributed by atoms with E-state index in [1.807, 2.05) is 23.7 Å². The van der Waals surface area contributed by atoms with Crippen LogP contribution in [-0.4, -0.2) is 16.5 Å². The minimum atomic E-state index is -1.02. The van der Waals surface area contributed by atoms with E-state index in [4.69, 9.17) is 34.2 Å². The van der Waals surface area contributed by atoms with Gasteiger partial charge in [0.15, 0.2) is 0 Å². The minimum absolute atomic E-state index is 0.235. The third-order valence-corrected chi connectivity index (χ3v) is 4.06. The highest BCUT2D eigenvalue weighted by molar-refractivity contribution is 6.35. The molecule has 3 amide bonds. The first-order chi connectivity index (χ1) is 11.7. The minimum Gasteiger partial charge on any atom is -0.351 e. The Hall–Kier alpha value is -2.75. The Morgan fingerprint density at radius 3 is 2.52 bits per heavy atom. The number of carbonyl (C=O) groups is 2. The number of benzene rings is 1. The number of hydrogen-bond donors (Lipinski definition) is 2. The maximum Gasteiger partial charge on any atom is 0.319 e. The number of nitriles is 1. The second-order valence-corrected chi connectivity index (χ2v) is 6.09. The lowest BCUT2D eigenvalue weighted by Crippen LogP contribution is -2.35. The molecule has 0 bridgehead atoms. The molecule has 1 heterocycles.